The van der Waals surface area contributed by atoms with Crippen molar-refractivity contribution in [3.8, 4) is 0 Å². The minimum Gasteiger partial charge on any atom is -0.376 e. The zero-order valence-corrected chi connectivity index (χ0v) is 7.31. The van der Waals surface area contributed by atoms with Gasteiger partial charge < -0.3 is 10.1 Å². The van der Waals surface area contributed by atoms with Crippen LogP contribution in [0.3, 0.4) is 0 Å². The predicted octanol–water partition coefficient (Wildman–Crippen LogP) is 0.548. The molecule has 0 unspecified atom stereocenters. The van der Waals surface area contributed by atoms with Gasteiger partial charge in [0.15, 0.2) is 0 Å². The van der Waals surface area contributed by atoms with Crippen molar-refractivity contribution < 1.29 is 9.53 Å². The van der Waals surface area contributed by atoms with Gasteiger partial charge in [0, 0.05) is 6.92 Å². The van der Waals surface area contributed by atoms with Crippen molar-refractivity contribution in [1.29, 1.82) is 0 Å². The van der Waals surface area contributed by atoms with Crippen molar-refractivity contribution in [1.82, 2.24) is 5.32 Å². The van der Waals surface area contributed by atoms with E-state index in [1.807, 2.05) is 0 Å². The second-order valence-corrected chi connectivity index (χ2v) is 3.48. The molecule has 0 saturated carbocycles. The monoisotopic (exact) mass is 157 g/mol. The Morgan fingerprint density at radius 2 is 2.09 bits per heavy atom. The molecule has 0 aromatic heterocycles. The number of amides is 1. The molecule has 0 aliphatic carbocycles. The molecule has 0 radical (unpaired) electrons. The van der Waals surface area contributed by atoms with Crippen LogP contribution in [0.1, 0.15) is 20.8 Å². The first kappa shape index (κ1) is 8.53. The Kier molecular flexibility index (Phi) is 2.18. The lowest BCUT2D eigenvalue weighted by molar-refractivity contribution is -0.136. The molecule has 0 atom stereocenters. The number of carbonyl (C=O) groups is 1. The summed E-state index contributed by atoms with van der Waals surface area (Å²) in [5.41, 5.74) is -0.0775. The lowest BCUT2D eigenvalue weighted by atomic mass is 9.84. The molecule has 1 rings (SSSR count). The smallest absolute Gasteiger partial charge is 0.217 e. The van der Waals surface area contributed by atoms with Crippen molar-refractivity contribution in [2.24, 2.45) is 5.92 Å². The number of hydrogen-bond acceptors (Lipinski definition) is 2. The first-order chi connectivity index (χ1) is 5.07. The van der Waals surface area contributed by atoms with E-state index in [0.717, 1.165) is 0 Å². The van der Waals surface area contributed by atoms with Crippen molar-refractivity contribution in [2.45, 2.75) is 26.3 Å². The van der Waals surface area contributed by atoms with E-state index in [-0.39, 0.29) is 11.4 Å². The maximum absolute atomic E-state index is 10.8. The van der Waals surface area contributed by atoms with Crippen molar-refractivity contribution in [3.05, 3.63) is 0 Å². The molecule has 0 spiro atoms. The van der Waals surface area contributed by atoms with E-state index >= 15 is 0 Å². The molecule has 11 heavy (non-hydrogen) atoms. The molecule has 1 saturated heterocycles. The van der Waals surface area contributed by atoms with Gasteiger partial charge in [0.1, 0.15) is 0 Å². The van der Waals surface area contributed by atoms with Crippen LogP contribution in [0.4, 0.5) is 0 Å². The van der Waals surface area contributed by atoms with Crippen LogP contribution in [0.5, 0.6) is 0 Å². The van der Waals surface area contributed by atoms with Gasteiger partial charge in [-0.15, -0.1) is 0 Å². The minimum absolute atomic E-state index is 0.0296. The zero-order chi connectivity index (χ0) is 8.48. The summed E-state index contributed by atoms with van der Waals surface area (Å²) in [6.45, 7) is 7.05. The Morgan fingerprint density at radius 1 is 1.55 bits per heavy atom. The number of carbonyl (C=O) groups excluding carboxylic acids is 1. The maximum Gasteiger partial charge on any atom is 0.217 e. The van der Waals surface area contributed by atoms with Crippen LogP contribution in [-0.4, -0.2) is 24.7 Å². The Hall–Kier alpha value is -0.570. The van der Waals surface area contributed by atoms with Crippen LogP contribution in [0, 0.1) is 5.92 Å². The molecule has 0 bridgehead atoms. The number of nitrogens with one attached hydrogen (secondary N) is 1. The molecule has 1 aliphatic rings. The molecule has 1 heterocycles. The van der Waals surface area contributed by atoms with Gasteiger partial charge in [-0.2, -0.15) is 0 Å². The SMILES string of the molecule is CC(=O)NC1(C(C)C)COC1. The van der Waals surface area contributed by atoms with Gasteiger partial charge in [0.25, 0.3) is 0 Å². The summed E-state index contributed by atoms with van der Waals surface area (Å²) >= 11 is 0. The molecular formula is C8H15NO2. The highest BCUT2D eigenvalue weighted by molar-refractivity contribution is 5.74. The Morgan fingerprint density at radius 3 is 2.18 bits per heavy atom. The zero-order valence-electron chi connectivity index (χ0n) is 7.31. The molecule has 3 nitrogen and oxygen atoms in total. The molecule has 1 N–H and O–H groups in total. The molecule has 1 fully saturated rings. The van der Waals surface area contributed by atoms with E-state index in [0.29, 0.717) is 19.1 Å². The lowest BCUT2D eigenvalue weighted by Crippen LogP contribution is -2.64. The minimum atomic E-state index is -0.0775. The van der Waals surface area contributed by atoms with Gasteiger partial charge >= 0.3 is 0 Å². The molecule has 3 heteroatoms. The molecular weight excluding hydrogens is 142 g/mol. The van der Waals surface area contributed by atoms with Crippen LogP contribution < -0.4 is 5.32 Å². The number of ether oxygens (including phenoxy) is 1. The molecule has 0 aromatic carbocycles. The van der Waals surface area contributed by atoms with E-state index in [1.165, 1.54) is 0 Å². The second kappa shape index (κ2) is 2.81. The van der Waals surface area contributed by atoms with Gasteiger partial charge in [0.2, 0.25) is 5.91 Å². The maximum atomic E-state index is 10.8. The second-order valence-electron chi connectivity index (χ2n) is 3.48. The third-order valence-corrected chi connectivity index (χ3v) is 2.25. The molecule has 64 valence electrons. The van der Waals surface area contributed by atoms with Crippen molar-refractivity contribution in [2.75, 3.05) is 13.2 Å². The van der Waals surface area contributed by atoms with E-state index in [9.17, 15) is 4.79 Å². The van der Waals surface area contributed by atoms with Crippen LogP contribution in [0.2, 0.25) is 0 Å². The van der Waals surface area contributed by atoms with Crippen molar-refractivity contribution >= 4 is 5.91 Å². The highest BCUT2D eigenvalue weighted by atomic mass is 16.5. The van der Waals surface area contributed by atoms with Gasteiger partial charge in [-0.1, -0.05) is 13.8 Å². The number of hydrogen-bond donors (Lipinski definition) is 1. The highest BCUT2D eigenvalue weighted by Gasteiger charge is 2.42. The summed E-state index contributed by atoms with van der Waals surface area (Å²) in [5.74, 6) is 0.474. The van der Waals surface area contributed by atoms with Crippen LogP contribution in [0.15, 0.2) is 0 Å². The summed E-state index contributed by atoms with van der Waals surface area (Å²) in [5, 5.41) is 2.93. The normalized spacial score (nSPS) is 21.1. The van der Waals surface area contributed by atoms with Crippen LogP contribution in [0.25, 0.3) is 0 Å². The highest BCUT2D eigenvalue weighted by Crippen LogP contribution is 2.25. The summed E-state index contributed by atoms with van der Waals surface area (Å²) in [7, 11) is 0. The summed E-state index contributed by atoms with van der Waals surface area (Å²) < 4.78 is 5.09. The molecule has 1 aliphatic heterocycles. The van der Waals surface area contributed by atoms with E-state index in [2.05, 4.69) is 19.2 Å². The number of rotatable bonds is 2. The van der Waals surface area contributed by atoms with Gasteiger partial charge in [-0.3, -0.25) is 4.79 Å². The van der Waals surface area contributed by atoms with Crippen LogP contribution in [-0.2, 0) is 9.53 Å². The summed E-state index contributed by atoms with van der Waals surface area (Å²) in [6, 6.07) is 0. The third-order valence-electron chi connectivity index (χ3n) is 2.25. The Balaban J connectivity index is 2.53. The molecule has 1 amide bonds. The van der Waals surface area contributed by atoms with Crippen LogP contribution >= 0.6 is 0 Å². The fraction of sp³-hybridized carbons (Fsp3) is 0.875. The largest absolute Gasteiger partial charge is 0.376 e. The molecule has 0 aromatic rings. The predicted molar refractivity (Wildman–Crippen MR) is 42.2 cm³/mol. The summed E-state index contributed by atoms with van der Waals surface area (Å²) in [6.07, 6.45) is 0. The first-order valence-corrected chi connectivity index (χ1v) is 3.93. The van der Waals surface area contributed by atoms with Gasteiger partial charge in [-0.25, -0.2) is 0 Å². The fourth-order valence-corrected chi connectivity index (χ4v) is 1.22. The fourth-order valence-electron chi connectivity index (χ4n) is 1.22. The van der Waals surface area contributed by atoms with E-state index < -0.39 is 0 Å². The Labute approximate surface area is 67.1 Å². The van der Waals surface area contributed by atoms with E-state index in [4.69, 9.17) is 4.74 Å². The first-order valence-electron chi connectivity index (χ1n) is 3.93. The average Bonchev–Trinajstić information content (AvgIpc) is 1.77. The lowest BCUT2D eigenvalue weighted by Gasteiger charge is -2.45. The van der Waals surface area contributed by atoms with Crippen molar-refractivity contribution in [3.63, 3.8) is 0 Å². The third kappa shape index (κ3) is 1.53. The topological polar surface area (TPSA) is 38.3 Å². The quantitative estimate of drug-likeness (QED) is 0.635. The Bertz CT molecular complexity index is 161. The van der Waals surface area contributed by atoms with Gasteiger partial charge in [-0.05, 0) is 5.92 Å². The van der Waals surface area contributed by atoms with Gasteiger partial charge in [0.05, 0.1) is 18.8 Å². The average molecular weight is 157 g/mol. The summed E-state index contributed by atoms with van der Waals surface area (Å²) in [4.78, 5) is 10.8. The van der Waals surface area contributed by atoms with E-state index in [1.54, 1.807) is 6.92 Å². The standard InChI is InChI=1S/C8H15NO2/c1-6(2)8(4-11-5-8)9-7(3)10/h6H,4-5H2,1-3H3,(H,9,10).